The maximum atomic E-state index is 13.1. The normalized spacial score (nSPS) is 11.2. The van der Waals surface area contributed by atoms with Gasteiger partial charge < -0.3 is 5.32 Å². The molecule has 0 spiro atoms. The van der Waals surface area contributed by atoms with E-state index in [0.29, 0.717) is 24.8 Å². The van der Waals surface area contributed by atoms with Crippen LogP contribution in [0.3, 0.4) is 0 Å². The summed E-state index contributed by atoms with van der Waals surface area (Å²) in [5.41, 5.74) is 2.04. The zero-order valence-corrected chi connectivity index (χ0v) is 19.5. The topological polar surface area (TPSA) is 98.9 Å². The first-order valence-corrected chi connectivity index (χ1v) is 11.3. The zero-order valence-electron chi connectivity index (χ0n) is 19.5. The standard InChI is InChI=1S/C26H27N5O3/c1-4-30-24-21(15-28-23(29-24)20-8-6-5-7-9-20)25(33)31(26(30)34)16-22(32)27-14-18-10-12-19(13-11-18)17(2)3/h5-13,15,17H,4,14,16H2,1-3H3,(H,27,32). The largest absolute Gasteiger partial charge is 0.350 e. The quantitative estimate of drug-likeness (QED) is 0.460. The average Bonchev–Trinajstić information content (AvgIpc) is 2.86. The molecule has 1 amide bonds. The second-order valence-electron chi connectivity index (χ2n) is 8.39. The van der Waals surface area contributed by atoms with Gasteiger partial charge in [0.2, 0.25) is 5.91 Å². The molecule has 0 fully saturated rings. The Kier molecular flexibility index (Phi) is 6.67. The minimum atomic E-state index is -0.583. The van der Waals surface area contributed by atoms with E-state index in [1.165, 1.54) is 16.3 Å². The van der Waals surface area contributed by atoms with Crippen LogP contribution in [0.2, 0.25) is 0 Å². The Morgan fingerprint density at radius 1 is 1.00 bits per heavy atom. The van der Waals surface area contributed by atoms with E-state index in [4.69, 9.17) is 0 Å². The summed E-state index contributed by atoms with van der Waals surface area (Å²) in [7, 11) is 0. The lowest BCUT2D eigenvalue weighted by molar-refractivity contribution is -0.121. The lowest BCUT2D eigenvalue weighted by atomic mass is 10.0. The molecular weight excluding hydrogens is 430 g/mol. The number of rotatable bonds is 7. The maximum Gasteiger partial charge on any atom is 0.333 e. The number of nitrogens with one attached hydrogen (secondary N) is 1. The molecule has 2 aromatic heterocycles. The van der Waals surface area contributed by atoms with Gasteiger partial charge in [0.05, 0.1) is 0 Å². The van der Waals surface area contributed by atoms with E-state index in [2.05, 4.69) is 29.1 Å². The number of carbonyl (C=O) groups is 1. The fourth-order valence-electron chi connectivity index (χ4n) is 3.77. The van der Waals surface area contributed by atoms with Crippen LogP contribution in [0.5, 0.6) is 0 Å². The van der Waals surface area contributed by atoms with Crippen molar-refractivity contribution in [1.29, 1.82) is 0 Å². The third kappa shape index (κ3) is 4.66. The summed E-state index contributed by atoms with van der Waals surface area (Å²) < 4.78 is 2.33. The maximum absolute atomic E-state index is 13.1. The number of aromatic nitrogens is 4. The van der Waals surface area contributed by atoms with Gasteiger partial charge in [0, 0.05) is 24.8 Å². The third-order valence-electron chi connectivity index (χ3n) is 5.75. The summed E-state index contributed by atoms with van der Waals surface area (Å²) in [5, 5.41) is 2.98. The number of nitrogens with zero attached hydrogens (tertiary/aromatic N) is 4. The Labute approximate surface area is 196 Å². The number of benzene rings is 2. The van der Waals surface area contributed by atoms with Crippen LogP contribution in [0.1, 0.15) is 37.8 Å². The molecule has 0 aliphatic heterocycles. The highest BCUT2D eigenvalue weighted by atomic mass is 16.2. The van der Waals surface area contributed by atoms with Gasteiger partial charge in [-0.15, -0.1) is 0 Å². The monoisotopic (exact) mass is 457 g/mol. The van der Waals surface area contributed by atoms with Crippen molar-refractivity contribution in [3.63, 3.8) is 0 Å². The van der Waals surface area contributed by atoms with E-state index in [9.17, 15) is 14.4 Å². The fraction of sp³-hybridized carbons (Fsp3) is 0.269. The molecule has 2 aromatic carbocycles. The number of carbonyl (C=O) groups excluding carboxylic acids is 1. The molecule has 1 N–H and O–H groups in total. The number of amides is 1. The Bertz CT molecular complexity index is 1440. The van der Waals surface area contributed by atoms with Crippen molar-refractivity contribution in [2.24, 2.45) is 0 Å². The smallest absolute Gasteiger partial charge is 0.333 e. The summed E-state index contributed by atoms with van der Waals surface area (Å²) in [6, 6.07) is 17.3. The number of hydrogen-bond acceptors (Lipinski definition) is 5. The predicted molar refractivity (Wildman–Crippen MR) is 132 cm³/mol. The van der Waals surface area contributed by atoms with Gasteiger partial charge in [-0.05, 0) is 24.0 Å². The number of fused-ring (bicyclic) bond motifs is 1. The van der Waals surface area contributed by atoms with E-state index in [-0.39, 0.29) is 17.6 Å². The first kappa shape index (κ1) is 23.1. The summed E-state index contributed by atoms with van der Waals surface area (Å²) >= 11 is 0. The molecule has 34 heavy (non-hydrogen) atoms. The van der Waals surface area contributed by atoms with Crippen molar-refractivity contribution in [3.8, 4) is 11.4 Å². The third-order valence-corrected chi connectivity index (χ3v) is 5.75. The van der Waals surface area contributed by atoms with Gasteiger partial charge in [0.25, 0.3) is 5.56 Å². The van der Waals surface area contributed by atoms with Gasteiger partial charge in [0.15, 0.2) is 11.5 Å². The van der Waals surface area contributed by atoms with Crippen LogP contribution < -0.4 is 16.6 Å². The molecule has 8 heteroatoms. The SMILES string of the molecule is CCn1c(=O)n(CC(=O)NCc2ccc(C(C)C)cc2)c(=O)c2cnc(-c3ccccc3)nc21. The van der Waals surface area contributed by atoms with Crippen molar-refractivity contribution in [2.75, 3.05) is 0 Å². The zero-order chi connectivity index (χ0) is 24.2. The van der Waals surface area contributed by atoms with Crippen LogP contribution in [0, 0.1) is 0 Å². The van der Waals surface area contributed by atoms with Gasteiger partial charge in [-0.3, -0.25) is 18.7 Å². The average molecular weight is 458 g/mol. The van der Waals surface area contributed by atoms with Gasteiger partial charge in [-0.1, -0.05) is 68.4 Å². The van der Waals surface area contributed by atoms with Gasteiger partial charge in [-0.25, -0.2) is 14.8 Å². The molecule has 0 saturated heterocycles. The molecular formula is C26H27N5O3. The Hall–Kier alpha value is -4.07. The Balaban J connectivity index is 1.60. The minimum absolute atomic E-state index is 0.193. The van der Waals surface area contributed by atoms with Crippen LogP contribution in [0.25, 0.3) is 22.4 Å². The molecule has 0 bridgehead atoms. The van der Waals surface area contributed by atoms with E-state index < -0.39 is 17.2 Å². The van der Waals surface area contributed by atoms with Crippen LogP contribution in [-0.4, -0.2) is 25.0 Å². The molecule has 8 nitrogen and oxygen atoms in total. The van der Waals surface area contributed by atoms with Crippen molar-refractivity contribution in [3.05, 3.63) is 92.8 Å². The molecule has 174 valence electrons. The lowest BCUT2D eigenvalue weighted by Gasteiger charge is -2.13. The Morgan fingerprint density at radius 2 is 1.71 bits per heavy atom. The van der Waals surface area contributed by atoms with Crippen molar-refractivity contribution in [1.82, 2.24) is 24.4 Å². The lowest BCUT2D eigenvalue weighted by Crippen LogP contribution is -2.44. The molecule has 0 radical (unpaired) electrons. The van der Waals surface area contributed by atoms with Crippen LogP contribution in [0.15, 0.2) is 70.4 Å². The molecule has 0 saturated carbocycles. The summed E-state index contributed by atoms with van der Waals surface area (Å²) in [4.78, 5) is 47.5. The van der Waals surface area contributed by atoms with Gasteiger partial charge in [-0.2, -0.15) is 0 Å². The highest BCUT2D eigenvalue weighted by Gasteiger charge is 2.17. The molecule has 0 aliphatic rings. The van der Waals surface area contributed by atoms with Crippen molar-refractivity contribution in [2.45, 2.75) is 46.3 Å². The molecule has 0 aliphatic carbocycles. The molecule has 0 atom stereocenters. The van der Waals surface area contributed by atoms with E-state index in [1.54, 1.807) is 6.92 Å². The van der Waals surface area contributed by atoms with Crippen LogP contribution in [0.4, 0.5) is 0 Å². The van der Waals surface area contributed by atoms with E-state index >= 15 is 0 Å². The second-order valence-corrected chi connectivity index (χ2v) is 8.39. The molecule has 4 rings (SSSR count). The fourth-order valence-corrected chi connectivity index (χ4v) is 3.77. The highest BCUT2D eigenvalue weighted by molar-refractivity contribution is 5.78. The van der Waals surface area contributed by atoms with E-state index in [0.717, 1.165) is 15.7 Å². The minimum Gasteiger partial charge on any atom is -0.350 e. The van der Waals surface area contributed by atoms with Crippen LogP contribution in [-0.2, 0) is 24.4 Å². The summed E-state index contributed by atoms with van der Waals surface area (Å²) in [6.07, 6.45) is 1.42. The van der Waals surface area contributed by atoms with Crippen LogP contribution >= 0.6 is 0 Å². The predicted octanol–water partition coefficient (Wildman–Crippen LogP) is 3.08. The first-order chi connectivity index (χ1) is 16.4. The van der Waals surface area contributed by atoms with E-state index in [1.807, 2.05) is 54.6 Å². The molecule has 2 heterocycles. The second kappa shape index (κ2) is 9.82. The molecule has 4 aromatic rings. The highest BCUT2D eigenvalue weighted by Crippen LogP contribution is 2.16. The summed E-state index contributed by atoms with van der Waals surface area (Å²) in [6.45, 7) is 6.26. The van der Waals surface area contributed by atoms with Gasteiger partial charge >= 0.3 is 5.69 Å². The molecule has 0 unspecified atom stereocenters. The Morgan fingerprint density at radius 3 is 2.35 bits per heavy atom. The van der Waals surface area contributed by atoms with Crippen molar-refractivity contribution < 1.29 is 4.79 Å². The summed E-state index contributed by atoms with van der Waals surface area (Å²) in [5.74, 6) is 0.431. The first-order valence-electron chi connectivity index (χ1n) is 11.3. The van der Waals surface area contributed by atoms with Gasteiger partial charge in [0.1, 0.15) is 11.9 Å². The number of hydrogen-bond donors (Lipinski definition) is 1. The van der Waals surface area contributed by atoms with Crippen molar-refractivity contribution >= 4 is 16.9 Å². The number of aryl methyl sites for hydroxylation is 1.